The number of guanidine groups is 1. The molecular weight excluding hydrogens is 372 g/mol. The highest BCUT2D eigenvalue weighted by molar-refractivity contribution is 7.98. The van der Waals surface area contributed by atoms with Gasteiger partial charge in [-0.1, -0.05) is 24.3 Å². The third kappa shape index (κ3) is 4.20. The molecular formula is C21H24N4O2S. The first-order chi connectivity index (χ1) is 13.5. The van der Waals surface area contributed by atoms with Crippen LogP contribution in [0, 0.1) is 0 Å². The first-order valence-electron chi connectivity index (χ1n) is 9.05. The van der Waals surface area contributed by atoms with Crippen molar-refractivity contribution in [1.29, 1.82) is 0 Å². The predicted octanol–water partition coefficient (Wildman–Crippen LogP) is 2.71. The fourth-order valence-corrected chi connectivity index (χ4v) is 3.59. The Morgan fingerprint density at radius 3 is 2.21 bits per heavy atom. The molecule has 0 aromatic heterocycles. The van der Waals surface area contributed by atoms with E-state index >= 15 is 0 Å². The SMILES string of the molecule is CN=C(NCCN1C(=O)c2ccccc2C1=O)N(C)Cc1ccc(SC)cc1. The number of thioether (sulfide) groups is 1. The summed E-state index contributed by atoms with van der Waals surface area (Å²) in [5.74, 6) is 0.241. The summed E-state index contributed by atoms with van der Waals surface area (Å²) in [6.07, 6.45) is 2.06. The minimum absolute atomic E-state index is 0.236. The number of amides is 2. The largest absolute Gasteiger partial charge is 0.354 e. The first-order valence-corrected chi connectivity index (χ1v) is 10.3. The van der Waals surface area contributed by atoms with Crippen LogP contribution in [-0.4, -0.2) is 61.0 Å². The lowest BCUT2D eigenvalue weighted by molar-refractivity contribution is 0.0657. The van der Waals surface area contributed by atoms with Crippen molar-refractivity contribution in [2.75, 3.05) is 33.4 Å². The number of aliphatic imine (C=N–C) groups is 1. The molecule has 0 atom stereocenters. The van der Waals surface area contributed by atoms with Gasteiger partial charge in [-0.05, 0) is 36.1 Å². The quantitative estimate of drug-likeness (QED) is 0.352. The molecule has 0 aliphatic carbocycles. The van der Waals surface area contributed by atoms with Gasteiger partial charge in [-0.25, -0.2) is 0 Å². The van der Waals surface area contributed by atoms with Crippen LogP contribution < -0.4 is 5.32 Å². The maximum Gasteiger partial charge on any atom is 0.261 e. The Kier molecular flexibility index (Phi) is 6.36. The molecule has 146 valence electrons. The van der Waals surface area contributed by atoms with Crippen molar-refractivity contribution < 1.29 is 9.59 Å². The maximum atomic E-state index is 12.4. The normalized spacial score (nSPS) is 13.7. The molecule has 2 amide bonds. The van der Waals surface area contributed by atoms with Crippen molar-refractivity contribution in [1.82, 2.24) is 15.1 Å². The highest BCUT2D eigenvalue weighted by Gasteiger charge is 2.34. The van der Waals surface area contributed by atoms with Crippen LogP contribution in [0.2, 0.25) is 0 Å². The number of carbonyl (C=O) groups is 2. The number of benzene rings is 2. The zero-order chi connectivity index (χ0) is 20.1. The fourth-order valence-electron chi connectivity index (χ4n) is 3.19. The lowest BCUT2D eigenvalue weighted by Crippen LogP contribution is -2.43. The Labute approximate surface area is 169 Å². The number of fused-ring (bicyclic) bond motifs is 1. The number of hydrogen-bond donors (Lipinski definition) is 1. The summed E-state index contributed by atoms with van der Waals surface area (Å²) in [4.78, 5) is 33.7. The molecule has 7 heteroatoms. The van der Waals surface area contributed by atoms with Crippen molar-refractivity contribution in [3.8, 4) is 0 Å². The van der Waals surface area contributed by atoms with E-state index < -0.39 is 0 Å². The number of rotatable bonds is 6. The number of nitrogens with one attached hydrogen (secondary N) is 1. The molecule has 28 heavy (non-hydrogen) atoms. The monoisotopic (exact) mass is 396 g/mol. The van der Waals surface area contributed by atoms with Crippen molar-refractivity contribution >= 4 is 29.5 Å². The summed E-state index contributed by atoms with van der Waals surface area (Å²) in [7, 11) is 3.68. The first kappa shape index (κ1) is 19.9. The van der Waals surface area contributed by atoms with Crippen molar-refractivity contribution in [3.05, 3.63) is 65.2 Å². The predicted molar refractivity (Wildman–Crippen MR) is 113 cm³/mol. The van der Waals surface area contributed by atoms with Crippen LogP contribution in [0.3, 0.4) is 0 Å². The summed E-state index contributed by atoms with van der Waals surface area (Å²) in [5, 5.41) is 3.23. The van der Waals surface area contributed by atoms with E-state index in [-0.39, 0.29) is 11.8 Å². The van der Waals surface area contributed by atoms with E-state index in [4.69, 9.17) is 0 Å². The molecule has 0 bridgehead atoms. The highest BCUT2D eigenvalue weighted by atomic mass is 32.2. The minimum Gasteiger partial charge on any atom is -0.354 e. The topological polar surface area (TPSA) is 65.0 Å². The molecule has 0 unspecified atom stereocenters. The van der Waals surface area contributed by atoms with E-state index in [2.05, 4.69) is 40.8 Å². The van der Waals surface area contributed by atoms with E-state index in [1.165, 1.54) is 15.4 Å². The lowest BCUT2D eigenvalue weighted by Gasteiger charge is -2.23. The number of nitrogens with zero attached hydrogens (tertiary/aromatic N) is 3. The molecule has 1 heterocycles. The summed E-state index contributed by atoms with van der Waals surface area (Å²) in [6, 6.07) is 15.3. The molecule has 1 aliphatic rings. The summed E-state index contributed by atoms with van der Waals surface area (Å²) < 4.78 is 0. The van der Waals surface area contributed by atoms with Crippen molar-refractivity contribution in [2.24, 2.45) is 4.99 Å². The van der Waals surface area contributed by atoms with Crippen LogP contribution in [0.15, 0.2) is 58.4 Å². The highest BCUT2D eigenvalue weighted by Crippen LogP contribution is 2.21. The van der Waals surface area contributed by atoms with Gasteiger partial charge >= 0.3 is 0 Å². The van der Waals surface area contributed by atoms with Gasteiger partial charge in [0.25, 0.3) is 11.8 Å². The number of imide groups is 1. The van der Waals surface area contributed by atoms with Gasteiger partial charge in [0.2, 0.25) is 0 Å². The van der Waals surface area contributed by atoms with Crippen LogP contribution >= 0.6 is 11.8 Å². The molecule has 2 aromatic rings. The van der Waals surface area contributed by atoms with Gasteiger partial charge in [-0.3, -0.25) is 19.5 Å². The van der Waals surface area contributed by atoms with E-state index in [9.17, 15) is 9.59 Å². The van der Waals surface area contributed by atoms with Gasteiger partial charge in [0, 0.05) is 38.6 Å². The number of carbonyl (C=O) groups excluding carboxylic acids is 2. The zero-order valence-corrected chi connectivity index (χ0v) is 17.1. The fraction of sp³-hybridized carbons (Fsp3) is 0.286. The average molecular weight is 397 g/mol. The lowest BCUT2D eigenvalue weighted by atomic mass is 10.1. The molecule has 0 spiro atoms. The molecule has 3 rings (SSSR count). The van der Waals surface area contributed by atoms with Gasteiger partial charge in [-0.2, -0.15) is 0 Å². The van der Waals surface area contributed by atoms with E-state index in [0.717, 1.165) is 0 Å². The average Bonchev–Trinajstić information content (AvgIpc) is 2.96. The Morgan fingerprint density at radius 1 is 1.07 bits per heavy atom. The van der Waals surface area contributed by atoms with Gasteiger partial charge in [0.1, 0.15) is 0 Å². The van der Waals surface area contributed by atoms with Gasteiger partial charge in [0.05, 0.1) is 11.1 Å². The summed E-state index contributed by atoms with van der Waals surface area (Å²) in [5.41, 5.74) is 2.13. The second kappa shape index (κ2) is 8.93. The molecule has 2 aromatic carbocycles. The molecule has 0 saturated carbocycles. The van der Waals surface area contributed by atoms with Crippen molar-refractivity contribution in [2.45, 2.75) is 11.4 Å². The number of hydrogen-bond acceptors (Lipinski definition) is 4. The third-order valence-electron chi connectivity index (χ3n) is 4.65. The third-order valence-corrected chi connectivity index (χ3v) is 5.39. The molecule has 0 fully saturated rings. The van der Waals surface area contributed by atoms with Crippen LogP contribution in [0.25, 0.3) is 0 Å². The molecule has 1 aliphatic heterocycles. The van der Waals surface area contributed by atoms with Gasteiger partial charge < -0.3 is 10.2 Å². The summed E-state index contributed by atoms with van der Waals surface area (Å²) >= 11 is 1.72. The van der Waals surface area contributed by atoms with Crippen LogP contribution in [0.4, 0.5) is 0 Å². The maximum absolute atomic E-state index is 12.4. The Bertz CT molecular complexity index is 861. The van der Waals surface area contributed by atoms with Crippen LogP contribution in [0.5, 0.6) is 0 Å². The summed E-state index contributed by atoms with van der Waals surface area (Å²) in [6.45, 7) is 1.44. The van der Waals surface area contributed by atoms with E-state index in [1.54, 1.807) is 43.1 Å². The van der Waals surface area contributed by atoms with Crippen molar-refractivity contribution in [3.63, 3.8) is 0 Å². The van der Waals surface area contributed by atoms with Gasteiger partial charge in [-0.15, -0.1) is 11.8 Å². The molecule has 6 nitrogen and oxygen atoms in total. The minimum atomic E-state index is -0.236. The Morgan fingerprint density at radius 2 is 1.68 bits per heavy atom. The molecule has 0 radical (unpaired) electrons. The smallest absolute Gasteiger partial charge is 0.261 e. The molecule has 1 N–H and O–H groups in total. The molecule has 0 saturated heterocycles. The van der Waals surface area contributed by atoms with Crippen LogP contribution in [0.1, 0.15) is 26.3 Å². The Balaban J connectivity index is 1.54. The second-order valence-corrected chi connectivity index (χ2v) is 7.37. The van der Waals surface area contributed by atoms with Crippen LogP contribution in [-0.2, 0) is 6.54 Å². The van der Waals surface area contributed by atoms with E-state index in [1.807, 2.05) is 11.9 Å². The second-order valence-electron chi connectivity index (χ2n) is 6.49. The zero-order valence-electron chi connectivity index (χ0n) is 16.3. The Hall–Kier alpha value is -2.80. The van der Waals surface area contributed by atoms with E-state index in [0.29, 0.717) is 36.7 Å². The van der Waals surface area contributed by atoms with Gasteiger partial charge in [0.15, 0.2) is 5.96 Å². The standard InChI is InChI=1S/C21H24N4O2S/c1-22-21(24(2)14-15-8-10-16(28-3)11-9-15)23-12-13-25-19(26)17-6-4-5-7-18(17)20(25)27/h4-11H,12-14H2,1-3H3,(H,22,23).